The molecular formula is C16H32N2O2. The molecule has 0 saturated carbocycles. The molecule has 2 aliphatic heterocycles. The Bertz CT molecular complexity index is 324. The maximum atomic E-state index is 6.43. The smallest absolute Gasteiger partial charge is 0.0788 e. The Hall–Kier alpha value is -0.160. The van der Waals surface area contributed by atoms with Crippen LogP contribution >= 0.6 is 0 Å². The second-order valence-corrected chi connectivity index (χ2v) is 7.65. The zero-order valence-corrected chi connectivity index (χ0v) is 13.8. The minimum atomic E-state index is -0.240. The maximum Gasteiger partial charge on any atom is 0.0788 e. The number of hydrogen-bond acceptors (Lipinski definition) is 4. The number of hydrogen-bond donors (Lipinski definition) is 1. The molecule has 3 atom stereocenters. The Kier molecular flexibility index (Phi) is 4.80. The van der Waals surface area contributed by atoms with E-state index in [1.165, 1.54) is 19.3 Å². The lowest BCUT2D eigenvalue weighted by atomic mass is 9.82. The molecule has 2 aliphatic rings. The van der Waals surface area contributed by atoms with Crippen molar-refractivity contribution >= 4 is 0 Å². The van der Waals surface area contributed by atoms with Gasteiger partial charge in [-0.25, -0.2) is 0 Å². The molecule has 0 aliphatic carbocycles. The van der Waals surface area contributed by atoms with Crippen molar-refractivity contribution in [1.29, 1.82) is 0 Å². The average molecular weight is 284 g/mol. The SMILES string of the molecule is CN(CC1CCCCO1)CC1C(N)C(C)(C)OC1(C)C. The van der Waals surface area contributed by atoms with Crippen LogP contribution in [0.2, 0.25) is 0 Å². The summed E-state index contributed by atoms with van der Waals surface area (Å²) in [6, 6.07) is 0.0761. The van der Waals surface area contributed by atoms with E-state index >= 15 is 0 Å². The number of nitrogens with zero attached hydrogens (tertiary/aromatic N) is 1. The molecule has 0 aromatic carbocycles. The second-order valence-electron chi connectivity index (χ2n) is 7.65. The van der Waals surface area contributed by atoms with Crippen molar-refractivity contribution in [3.05, 3.63) is 0 Å². The van der Waals surface area contributed by atoms with Crippen molar-refractivity contribution < 1.29 is 9.47 Å². The summed E-state index contributed by atoms with van der Waals surface area (Å²) in [5.74, 6) is 0.353. The molecule has 0 radical (unpaired) electrons. The van der Waals surface area contributed by atoms with Crippen molar-refractivity contribution in [2.45, 2.75) is 70.3 Å². The Labute approximate surface area is 124 Å². The Balaban J connectivity index is 1.91. The third kappa shape index (κ3) is 3.53. The van der Waals surface area contributed by atoms with E-state index in [0.717, 1.165) is 19.7 Å². The fraction of sp³-hybridized carbons (Fsp3) is 1.00. The Morgan fingerprint density at radius 3 is 2.30 bits per heavy atom. The largest absolute Gasteiger partial charge is 0.377 e. The second kappa shape index (κ2) is 5.91. The summed E-state index contributed by atoms with van der Waals surface area (Å²) in [6.07, 6.45) is 4.08. The van der Waals surface area contributed by atoms with Crippen LogP contribution in [-0.4, -0.2) is 55.0 Å². The third-order valence-corrected chi connectivity index (χ3v) is 4.95. The molecule has 0 aromatic heterocycles. The fourth-order valence-corrected chi connectivity index (χ4v) is 3.78. The van der Waals surface area contributed by atoms with Crippen LogP contribution in [-0.2, 0) is 9.47 Å². The van der Waals surface area contributed by atoms with E-state index in [4.69, 9.17) is 15.2 Å². The highest BCUT2D eigenvalue weighted by Gasteiger charge is 2.52. The average Bonchev–Trinajstić information content (AvgIpc) is 2.49. The molecule has 0 aromatic rings. The van der Waals surface area contributed by atoms with Gasteiger partial charge in [0.1, 0.15) is 0 Å². The molecule has 20 heavy (non-hydrogen) atoms. The van der Waals surface area contributed by atoms with Crippen LogP contribution in [0.5, 0.6) is 0 Å². The molecule has 0 spiro atoms. The lowest BCUT2D eigenvalue weighted by molar-refractivity contribution is -0.0793. The first-order chi connectivity index (χ1) is 9.22. The van der Waals surface area contributed by atoms with Gasteiger partial charge in [-0.3, -0.25) is 0 Å². The molecule has 2 N–H and O–H groups in total. The first kappa shape index (κ1) is 16.2. The van der Waals surface area contributed by atoms with Gasteiger partial charge < -0.3 is 20.1 Å². The van der Waals surface area contributed by atoms with Gasteiger partial charge in [0.25, 0.3) is 0 Å². The van der Waals surface area contributed by atoms with Crippen LogP contribution in [0, 0.1) is 5.92 Å². The summed E-state index contributed by atoms with van der Waals surface area (Å²) in [5.41, 5.74) is 6.03. The molecule has 3 unspecified atom stereocenters. The van der Waals surface area contributed by atoms with Crippen LogP contribution < -0.4 is 5.73 Å². The molecule has 0 amide bonds. The number of likely N-dealkylation sites (N-methyl/N-ethyl adjacent to an activating group) is 1. The van der Waals surface area contributed by atoms with E-state index in [2.05, 4.69) is 39.6 Å². The predicted molar refractivity (Wildman–Crippen MR) is 81.8 cm³/mol. The monoisotopic (exact) mass is 284 g/mol. The van der Waals surface area contributed by atoms with E-state index in [9.17, 15) is 0 Å². The van der Waals surface area contributed by atoms with Crippen LogP contribution in [0.25, 0.3) is 0 Å². The van der Waals surface area contributed by atoms with E-state index in [1.807, 2.05) is 0 Å². The van der Waals surface area contributed by atoms with E-state index < -0.39 is 0 Å². The highest BCUT2D eigenvalue weighted by molar-refractivity contribution is 5.04. The minimum Gasteiger partial charge on any atom is -0.377 e. The van der Waals surface area contributed by atoms with Crippen molar-refractivity contribution in [1.82, 2.24) is 4.90 Å². The zero-order valence-electron chi connectivity index (χ0n) is 13.8. The normalized spacial score (nSPS) is 36.5. The fourth-order valence-electron chi connectivity index (χ4n) is 3.78. The molecule has 2 heterocycles. The van der Waals surface area contributed by atoms with Gasteiger partial charge in [0.15, 0.2) is 0 Å². The first-order valence-electron chi connectivity index (χ1n) is 7.98. The first-order valence-corrected chi connectivity index (χ1v) is 7.98. The van der Waals surface area contributed by atoms with Crippen LogP contribution in [0.15, 0.2) is 0 Å². The molecule has 4 nitrogen and oxygen atoms in total. The standard InChI is InChI=1S/C16H32N2O2/c1-15(2)13(14(17)16(3,4)20-15)11-18(5)10-12-8-6-7-9-19-12/h12-14H,6-11,17H2,1-5H3. The van der Waals surface area contributed by atoms with Crippen LogP contribution in [0.3, 0.4) is 0 Å². The topological polar surface area (TPSA) is 47.7 Å². The number of rotatable bonds is 4. The van der Waals surface area contributed by atoms with Gasteiger partial charge in [0.05, 0.1) is 17.3 Å². The van der Waals surface area contributed by atoms with E-state index in [0.29, 0.717) is 12.0 Å². The van der Waals surface area contributed by atoms with Gasteiger partial charge in [-0.2, -0.15) is 0 Å². The molecule has 2 fully saturated rings. The lowest BCUT2D eigenvalue weighted by Crippen LogP contribution is -2.48. The van der Waals surface area contributed by atoms with Gasteiger partial charge in [-0.15, -0.1) is 0 Å². The molecule has 4 heteroatoms. The Morgan fingerprint density at radius 2 is 1.80 bits per heavy atom. The highest BCUT2D eigenvalue weighted by Crippen LogP contribution is 2.41. The molecular weight excluding hydrogens is 252 g/mol. The van der Waals surface area contributed by atoms with Crippen molar-refractivity contribution in [3.8, 4) is 0 Å². The highest BCUT2D eigenvalue weighted by atomic mass is 16.5. The Morgan fingerprint density at radius 1 is 1.10 bits per heavy atom. The van der Waals surface area contributed by atoms with Gasteiger partial charge in [0, 0.05) is 31.7 Å². The van der Waals surface area contributed by atoms with Gasteiger partial charge >= 0.3 is 0 Å². The van der Waals surface area contributed by atoms with Crippen molar-refractivity contribution in [2.24, 2.45) is 11.7 Å². The van der Waals surface area contributed by atoms with Crippen LogP contribution in [0.4, 0.5) is 0 Å². The van der Waals surface area contributed by atoms with Crippen LogP contribution in [0.1, 0.15) is 47.0 Å². The number of ether oxygens (including phenoxy) is 2. The summed E-state index contributed by atoms with van der Waals surface area (Å²) in [5, 5.41) is 0. The van der Waals surface area contributed by atoms with Crippen molar-refractivity contribution in [3.63, 3.8) is 0 Å². The maximum absolute atomic E-state index is 6.43. The van der Waals surface area contributed by atoms with Crippen molar-refractivity contribution in [2.75, 3.05) is 26.7 Å². The van der Waals surface area contributed by atoms with E-state index in [1.54, 1.807) is 0 Å². The summed E-state index contributed by atoms with van der Waals surface area (Å²) < 4.78 is 12.0. The zero-order chi connectivity index (χ0) is 15.0. The minimum absolute atomic E-state index is 0.0761. The van der Waals surface area contributed by atoms with Gasteiger partial charge in [-0.05, 0) is 54.0 Å². The number of nitrogens with two attached hydrogens (primary N) is 1. The summed E-state index contributed by atoms with van der Waals surface area (Å²) in [7, 11) is 2.17. The van der Waals surface area contributed by atoms with Gasteiger partial charge in [0.2, 0.25) is 0 Å². The van der Waals surface area contributed by atoms with E-state index in [-0.39, 0.29) is 17.2 Å². The summed E-state index contributed by atoms with van der Waals surface area (Å²) in [6.45, 7) is 11.4. The lowest BCUT2D eigenvalue weighted by Gasteiger charge is -2.33. The van der Waals surface area contributed by atoms with Gasteiger partial charge in [-0.1, -0.05) is 0 Å². The quantitative estimate of drug-likeness (QED) is 0.858. The summed E-state index contributed by atoms with van der Waals surface area (Å²) >= 11 is 0. The molecule has 118 valence electrons. The summed E-state index contributed by atoms with van der Waals surface area (Å²) in [4.78, 5) is 2.37. The third-order valence-electron chi connectivity index (χ3n) is 4.95. The molecule has 0 bridgehead atoms. The predicted octanol–water partition coefficient (Wildman–Crippen LogP) is 2.02. The molecule has 2 saturated heterocycles. The molecule has 2 rings (SSSR count).